The van der Waals surface area contributed by atoms with E-state index in [2.05, 4.69) is 0 Å². The lowest BCUT2D eigenvalue weighted by atomic mass is 10.3. The lowest BCUT2D eigenvalue weighted by Crippen LogP contribution is -2.39. The maximum atomic E-state index is 11.4. The van der Waals surface area contributed by atoms with Crippen molar-refractivity contribution >= 4 is 29.4 Å². The number of hydrogen-bond acceptors (Lipinski definition) is 4. The first-order valence-corrected chi connectivity index (χ1v) is 5.50. The minimum Gasteiger partial charge on any atom is -0.398 e. The minimum absolute atomic E-state index is 0.430. The first-order valence-electron chi connectivity index (χ1n) is 4.62. The number of primary amides is 1. The predicted molar refractivity (Wildman–Crippen MR) is 63.9 cm³/mol. The number of nitrogens with one attached hydrogen (secondary N) is 1. The van der Waals surface area contributed by atoms with E-state index in [4.69, 9.17) is 11.5 Å². The van der Waals surface area contributed by atoms with Crippen LogP contribution in [0.2, 0.25) is 0 Å². The number of para-hydroxylation sites is 1. The summed E-state index contributed by atoms with van der Waals surface area (Å²) in [6.07, 6.45) is 0. The number of hydrogen-bond donors (Lipinski definition) is 3. The van der Waals surface area contributed by atoms with Crippen LogP contribution in [0.5, 0.6) is 0 Å². The van der Waals surface area contributed by atoms with Gasteiger partial charge in [0.15, 0.2) is 0 Å². The average molecular weight is 239 g/mol. The maximum Gasteiger partial charge on any atom is 0.318 e. The molecular weight excluding hydrogens is 226 g/mol. The number of benzene rings is 1. The van der Waals surface area contributed by atoms with Crippen LogP contribution in [0.3, 0.4) is 0 Å². The van der Waals surface area contributed by atoms with Crippen LogP contribution in [-0.4, -0.2) is 17.2 Å². The maximum absolute atomic E-state index is 11.4. The molecule has 1 aromatic rings. The third kappa shape index (κ3) is 3.47. The Morgan fingerprint density at radius 3 is 2.56 bits per heavy atom. The predicted octanol–water partition coefficient (Wildman–Crippen LogP) is 0.944. The zero-order valence-electron chi connectivity index (χ0n) is 8.77. The van der Waals surface area contributed by atoms with Crippen molar-refractivity contribution in [3.63, 3.8) is 0 Å². The number of imide groups is 1. The van der Waals surface area contributed by atoms with Crippen LogP contribution in [0.1, 0.15) is 6.92 Å². The number of urea groups is 1. The second-order valence-corrected chi connectivity index (χ2v) is 4.53. The number of nitrogen functional groups attached to an aromatic ring is 1. The van der Waals surface area contributed by atoms with Crippen LogP contribution in [0.15, 0.2) is 29.2 Å². The first-order chi connectivity index (χ1) is 7.50. The number of amides is 3. The zero-order valence-corrected chi connectivity index (χ0v) is 9.58. The molecule has 0 aliphatic heterocycles. The topological polar surface area (TPSA) is 98.2 Å². The Labute approximate surface area is 97.6 Å². The van der Waals surface area contributed by atoms with Crippen LogP contribution >= 0.6 is 11.8 Å². The van der Waals surface area contributed by atoms with E-state index in [-0.39, 0.29) is 0 Å². The Balaban J connectivity index is 2.64. The lowest BCUT2D eigenvalue weighted by Gasteiger charge is -2.11. The fourth-order valence-electron chi connectivity index (χ4n) is 1.05. The Morgan fingerprint density at radius 2 is 2.00 bits per heavy atom. The molecule has 1 unspecified atom stereocenters. The van der Waals surface area contributed by atoms with Gasteiger partial charge in [-0.05, 0) is 19.1 Å². The van der Waals surface area contributed by atoms with E-state index in [9.17, 15) is 9.59 Å². The number of thioether (sulfide) groups is 1. The minimum atomic E-state index is -0.849. The monoisotopic (exact) mass is 239 g/mol. The number of rotatable bonds is 3. The summed E-state index contributed by atoms with van der Waals surface area (Å²) in [6.45, 7) is 1.68. The van der Waals surface area contributed by atoms with Crippen LogP contribution in [0, 0.1) is 0 Å². The standard InChI is InChI=1S/C10H13N3O2S/c1-6(9(14)13-10(12)15)16-8-5-3-2-4-7(8)11/h2-6H,11H2,1H3,(H3,12,13,14,15). The van der Waals surface area contributed by atoms with Crippen molar-refractivity contribution in [3.8, 4) is 0 Å². The van der Waals surface area contributed by atoms with Crippen LogP contribution in [-0.2, 0) is 4.79 Å². The van der Waals surface area contributed by atoms with Crippen molar-refractivity contribution < 1.29 is 9.59 Å². The van der Waals surface area contributed by atoms with Crippen molar-refractivity contribution in [2.24, 2.45) is 5.73 Å². The number of nitrogens with two attached hydrogens (primary N) is 2. The van der Waals surface area contributed by atoms with Crippen LogP contribution < -0.4 is 16.8 Å². The fraction of sp³-hybridized carbons (Fsp3) is 0.200. The molecule has 86 valence electrons. The third-order valence-corrected chi connectivity index (χ3v) is 3.03. The fourth-order valence-corrected chi connectivity index (χ4v) is 1.96. The number of anilines is 1. The summed E-state index contributed by atoms with van der Waals surface area (Å²) in [5, 5.41) is 1.59. The molecule has 0 radical (unpaired) electrons. The molecule has 0 fully saturated rings. The van der Waals surface area contributed by atoms with Crippen molar-refractivity contribution in [1.29, 1.82) is 0 Å². The Hall–Kier alpha value is -1.69. The molecule has 1 aromatic carbocycles. The molecule has 0 aliphatic rings. The molecule has 0 bridgehead atoms. The van der Waals surface area contributed by atoms with E-state index in [0.29, 0.717) is 5.69 Å². The van der Waals surface area contributed by atoms with E-state index in [1.54, 1.807) is 13.0 Å². The van der Waals surface area contributed by atoms with E-state index in [1.807, 2.05) is 23.5 Å². The molecule has 3 amide bonds. The largest absolute Gasteiger partial charge is 0.398 e. The molecule has 0 spiro atoms. The molecule has 5 nitrogen and oxygen atoms in total. The van der Waals surface area contributed by atoms with Gasteiger partial charge >= 0.3 is 6.03 Å². The highest BCUT2D eigenvalue weighted by Gasteiger charge is 2.16. The van der Waals surface area contributed by atoms with Gasteiger partial charge in [-0.15, -0.1) is 11.8 Å². The molecule has 1 rings (SSSR count). The summed E-state index contributed by atoms with van der Waals surface area (Å²) in [5.74, 6) is -0.430. The Bertz CT molecular complexity index is 409. The van der Waals surface area contributed by atoms with Gasteiger partial charge in [0.1, 0.15) is 0 Å². The van der Waals surface area contributed by atoms with Crippen molar-refractivity contribution in [1.82, 2.24) is 5.32 Å². The van der Waals surface area contributed by atoms with E-state index in [0.717, 1.165) is 4.90 Å². The van der Waals surface area contributed by atoms with E-state index >= 15 is 0 Å². The van der Waals surface area contributed by atoms with Gasteiger partial charge in [-0.3, -0.25) is 10.1 Å². The van der Waals surface area contributed by atoms with Crippen molar-refractivity contribution in [2.75, 3.05) is 5.73 Å². The van der Waals surface area contributed by atoms with Gasteiger partial charge in [0, 0.05) is 10.6 Å². The number of carbonyl (C=O) groups is 2. The summed E-state index contributed by atoms with van der Waals surface area (Å²) in [5.41, 5.74) is 11.2. The lowest BCUT2D eigenvalue weighted by molar-refractivity contribution is -0.119. The molecule has 5 N–H and O–H groups in total. The second kappa shape index (κ2) is 5.41. The SMILES string of the molecule is CC(Sc1ccccc1N)C(=O)NC(N)=O. The van der Waals surface area contributed by atoms with Gasteiger partial charge in [-0.1, -0.05) is 12.1 Å². The van der Waals surface area contributed by atoms with E-state index < -0.39 is 17.2 Å². The van der Waals surface area contributed by atoms with Gasteiger partial charge in [0.25, 0.3) is 0 Å². The molecule has 16 heavy (non-hydrogen) atoms. The Kier molecular flexibility index (Phi) is 4.19. The first kappa shape index (κ1) is 12.4. The molecule has 0 aromatic heterocycles. The summed E-state index contributed by atoms with van der Waals surface area (Å²) >= 11 is 1.28. The third-order valence-electron chi connectivity index (χ3n) is 1.84. The van der Waals surface area contributed by atoms with Crippen LogP contribution in [0.25, 0.3) is 0 Å². The summed E-state index contributed by atoms with van der Waals surface area (Å²) in [4.78, 5) is 22.7. The number of carbonyl (C=O) groups excluding carboxylic acids is 2. The molecule has 0 saturated carbocycles. The average Bonchev–Trinajstić information content (AvgIpc) is 2.20. The van der Waals surface area contributed by atoms with Gasteiger partial charge in [-0.25, -0.2) is 4.79 Å². The summed E-state index contributed by atoms with van der Waals surface area (Å²) < 4.78 is 0. The highest BCUT2D eigenvalue weighted by Crippen LogP contribution is 2.28. The van der Waals surface area contributed by atoms with Gasteiger partial charge < -0.3 is 11.5 Å². The highest BCUT2D eigenvalue weighted by molar-refractivity contribution is 8.00. The van der Waals surface area contributed by atoms with Crippen LogP contribution in [0.4, 0.5) is 10.5 Å². The second-order valence-electron chi connectivity index (χ2n) is 3.15. The molecule has 6 heteroatoms. The highest BCUT2D eigenvalue weighted by atomic mass is 32.2. The summed E-state index contributed by atoms with van der Waals surface area (Å²) in [7, 11) is 0. The molecule has 0 heterocycles. The van der Waals surface area contributed by atoms with E-state index in [1.165, 1.54) is 11.8 Å². The molecular formula is C10H13N3O2S. The Morgan fingerprint density at radius 1 is 1.38 bits per heavy atom. The van der Waals surface area contributed by atoms with Gasteiger partial charge in [0.2, 0.25) is 5.91 Å². The van der Waals surface area contributed by atoms with Gasteiger partial charge in [0.05, 0.1) is 5.25 Å². The van der Waals surface area contributed by atoms with Crippen molar-refractivity contribution in [2.45, 2.75) is 17.1 Å². The normalized spacial score (nSPS) is 11.8. The smallest absolute Gasteiger partial charge is 0.318 e. The quantitative estimate of drug-likeness (QED) is 0.540. The molecule has 1 atom stereocenters. The molecule has 0 saturated heterocycles. The summed E-state index contributed by atoms with van der Waals surface area (Å²) in [6, 6.07) is 6.36. The van der Waals surface area contributed by atoms with Gasteiger partial charge in [-0.2, -0.15) is 0 Å². The van der Waals surface area contributed by atoms with Crippen molar-refractivity contribution in [3.05, 3.63) is 24.3 Å². The zero-order chi connectivity index (χ0) is 12.1. The molecule has 0 aliphatic carbocycles.